The Morgan fingerprint density at radius 2 is 2.08 bits per heavy atom. The van der Waals surface area contributed by atoms with Crippen molar-refractivity contribution in [3.05, 3.63) is 35.9 Å². The molecule has 0 aliphatic heterocycles. The highest BCUT2D eigenvalue weighted by Crippen LogP contribution is 1.92. The molecule has 0 spiro atoms. The molecule has 64 valence electrons. The van der Waals surface area contributed by atoms with E-state index in [4.69, 9.17) is 0 Å². The summed E-state index contributed by atoms with van der Waals surface area (Å²) in [7, 11) is 0. The van der Waals surface area contributed by atoms with Gasteiger partial charge < -0.3 is 5.43 Å². The Morgan fingerprint density at radius 3 is 2.75 bits per heavy atom. The Kier molecular flexibility index (Phi) is 3.92. The molecule has 0 atom stereocenters. The molecule has 0 saturated carbocycles. The molecule has 1 aromatic rings. The molecule has 0 amide bonds. The zero-order chi connectivity index (χ0) is 8.65. The number of rotatable bonds is 4. The Balaban J connectivity index is 2.36. The molecular formula is C10H14N2. The van der Waals surface area contributed by atoms with Crippen LogP contribution >= 0.6 is 0 Å². The molecule has 0 heterocycles. The van der Waals surface area contributed by atoms with Gasteiger partial charge in [-0.1, -0.05) is 37.3 Å². The first-order chi connectivity index (χ1) is 5.93. The van der Waals surface area contributed by atoms with Gasteiger partial charge in [-0.05, 0) is 12.0 Å². The molecule has 1 aromatic carbocycles. The summed E-state index contributed by atoms with van der Waals surface area (Å²) in [6.07, 6.45) is 2.93. The highest BCUT2D eigenvalue weighted by atomic mass is 15.3. The van der Waals surface area contributed by atoms with Crippen LogP contribution in [0, 0.1) is 0 Å². The van der Waals surface area contributed by atoms with Crippen LogP contribution in [0.25, 0.3) is 0 Å². The van der Waals surface area contributed by atoms with Crippen molar-refractivity contribution in [2.45, 2.75) is 13.3 Å². The molecule has 0 aromatic heterocycles. The number of hydrogen-bond donors (Lipinski definition) is 1. The second-order valence-electron chi connectivity index (χ2n) is 2.58. The van der Waals surface area contributed by atoms with Crippen LogP contribution < -0.4 is 5.43 Å². The van der Waals surface area contributed by atoms with E-state index in [0.717, 1.165) is 18.5 Å². The molecular weight excluding hydrogens is 148 g/mol. The smallest absolute Gasteiger partial charge is 0.0540 e. The molecule has 1 rings (SSSR count). The minimum atomic E-state index is 0.934. The quantitative estimate of drug-likeness (QED) is 0.409. The lowest BCUT2D eigenvalue weighted by atomic mass is 10.2. The first kappa shape index (κ1) is 8.78. The summed E-state index contributed by atoms with van der Waals surface area (Å²) >= 11 is 0. The maximum atomic E-state index is 4.06. The lowest BCUT2D eigenvalue weighted by molar-refractivity contribution is 0.719. The summed E-state index contributed by atoms with van der Waals surface area (Å²) in [5.41, 5.74) is 4.08. The molecule has 0 bridgehead atoms. The summed E-state index contributed by atoms with van der Waals surface area (Å²) in [6.45, 7) is 3.05. The molecule has 2 heteroatoms. The third kappa shape index (κ3) is 3.19. The molecule has 0 saturated heterocycles. The van der Waals surface area contributed by atoms with Crippen LogP contribution in [0.3, 0.4) is 0 Å². The number of nitrogens with one attached hydrogen (secondary N) is 1. The van der Waals surface area contributed by atoms with Crippen molar-refractivity contribution < 1.29 is 0 Å². The van der Waals surface area contributed by atoms with E-state index in [-0.39, 0.29) is 0 Å². The van der Waals surface area contributed by atoms with Gasteiger partial charge in [-0.15, -0.1) is 0 Å². The molecule has 1 N–H and O–H groups in total. The minimum absolute atomic E-state index is 0.934. The van der Waals surface area contributed by atoms with Crippen LogP contribution in [-0.2, 0) is 0 Å². The minimum Gasteiger partial charge on any atom is -0.310 e. The fourth-order valence-electron chi connectivity index (χ4n) is 0.836. The third-order valence-electron chi connectivity index (χ3n) is 1.47. The number of benzene rings is 1. The van der Waals surface area contributed by atoms with E-state index in [1.807, 2.05) is 36.5 Å². The van der Waals surface area contributed by atoms with E-state index in [1.54, 1.807) is 0 Å². The van der Waals surface area contributed by atoms with Crippen molar-refractivity contribution >= 4 is 6.21 Å². The number of nitrogens with zero attached hydrogens (tertiary/aromatic N) is 1. The Labute approximate surface area is 73.3 Å². The highest BCUT2D eigenvalue weighted by Gasteiger charge is 1.81. The van der Waals surface area contributed by atoms with Crippen LogP contribution in [-0.4, -0.2) is 12.8 Å². The predicted octanol–water partition coefficient (Wildman–Crippen LogP) is 2.02. The number of hydrazone groups is 1. The van der Waals surface area contributed by atoms with Crippen molar-refractivity contribution in [2.24, 2.45) is 5.10 Å². The monoisotopic (exact) mass is 162 g/mol. The topological polar surface area (TPSA) is 24.4 Å². The molecule has 0 aliphatic rings. The van der Waals surface area contributed by atoms with Crippen molar-refractivity contribution in [3.8, 4) is 0 Å². The molecule has 0 fully saturated rings. The normalized spacial score (nSPS) is 10.4. The van der Waals surface area contributed by atoms with Crippen LogP contribution in [0.2, 0.25) is 0 Å². The summed E-state index contributed by atoms with van der Waals surface area (Å²) in [4.78, 5) is 0. The Hall–Kier alpha value is -1.31. The molecule has 0 radical (unpaired) electrons. The van der Waals surface area contributed by atoms with E-state index in [1.165, 1.54) is 0 Å². The van der Waals surface area contributed by atoms with E-state index in [2.05, 4.69) is 17.5 Å². The second kappa shape index (κ2) is 5.35. The fourth-order valence-corrected chi connectivity index (χ4v) is 0.836. The Morgan fingerprint density at radius 1 is 1.33 bits per heavy atom. The van der Waals surface area contributed by atoms with E-state index in [9.17, 15) is 0 Å². The lowest BCUT2D eigenvalue weighted by Gasteiger charge is -1.94. The summed E-state index contributed by atoms with van der Waals surface area (Å²) in [5.74, 6) is 0. The third-order valence-corrected chi connectivity index (χ3v) is 1.47. The van der Waals surface area contributed by atoms with Crippen LogP contribution in [0.5, 0.6) is 0 Å². The summed E-state index contributed by atoms with van der Waals surface area (Å²) < 4.78 is 0. The van der Waals surface area contributed by atoms with E-state index < -0.39 is 0 Å². The van der Waals surface area contributed by atoms with Gasteiger partial charge in [0.15, 0.2) is 0 Å². The molecule has 0 aliphatic carbocycles. The highest BCUT2D eigenvalue weighted by molar-refractivity contribution is 5.79. The first-order valence-electron chi connectivity index (χ1n) is 4.24. The van der Waals surface area contributed by atoms with Crippen molar-refractivity contribution in [2.75, 3.05) is 6.54 Å². The van der Waals surface area contributed by atoms with Crippen molar-refractivity contribution in [1.82, 2.24) is 5.43 Å². The van der Waals surface area contributed by atoms with Crippen LogP contribution in [0.4, 0.5) is 0 Å². The van der Waals surface area contributed by atoms with Gasteiger partial charge in [0.2, 0.25) is 0 Å². The van der Waals surface area contributed by atoms with E-state index >= 15 is 0 Å². The average Bonchev–Trinajstić information content (AvgIpc) is 2.14. The maximum absolute atomic E-state index is 4.06. The SMILES string of the molecule is CCCNN=Cc1ccccc1. The zero-order valence-electron chi connectivity index (χ0n) is 7.33. The molecule has 12 heavy (non-hydrogen) atoms. The van der Waals surface area contributed by atoms with Crippen LogP contribution in [0.1, 0.15) is 18.9 Å². The fraction of sp³-hybridized carbons (Fsp3) is 0.300. The van der Waals surface area contributed by atoms with Gasteiger partial charge in [-0.2, -0.15) is 5.10 Å². The predicted molar refractivity (Wildman–Crippen MR) is 52.3 cm³/mol. The van der Waals surface area contributed by atoms with Gasteiger partial charge in [0.25, 0.3) is 0 Å². The van der Waals surface area contributed by atoms with Crippen LogP contribution in [0.15, 0.2) is 35.4 Å². The lowest BCUT2D eigenvalue weighted by Crippen LogP contribution is -2.05. The van der Waals surface area contributed by atoms with Crippen molar-refractivity contribution in [3.63, 3.8) is 0 Å². The van der Waals surface area contributed by atoms with E-state index in [0.29, 0.717) is 0 Å². The standard InChI is InChI=1S/C10H14N2/c1-2-8-11-12-9-10-6-4-3-5-7-10/h3-7,9,11H,2,8H2,1H3. The summed E-state index contributed by atoms with van der Waals surface area (Å²) in [5, 5.41) is 4.06. The van der Waals surface area contributed by atoms with Gasteiger partial charge in [0.05, 0.1) is 6.21 Å². The second-order valence-corrected chi connectivity index (χ2v) is 2.58. The largest absolute Gasteiger partial charge is 0.310 e. The average molecular weight is 162 g/mol. The molecule has 2 nitrogen and oxygen atoms in total. The summed E-state index contributed by atoms with van der Waals surface area (Å²) in [6, 6.07) is 10.0. The first-order valence-corrected chi connectivity index (χ1v) is 4.24. The van der Waals surface area contributed by atoms with Gasteiger partial charge in [0.1, 0.15) is 0 Å². The number of hydrogen-bond acceptors (Lipinski definition) is 2. The van der Waals surface area contributed by atoms with Gasteiger partial charge in [-0.3, -0.25) is 0 Å². The van der Waals surface area contributed by atoms with Crippen molar-refractivity contribution in [1.29, 1.82) is 0 Å². The maximum Gasteiger partial charge on any atom is 0.0540 e. The zero-order valence-corrected chi connectivity index (χ0v) is 7.33. The van der Waals surface area contributed by atoms with Gasteiger partial charge in [0, 0.05) is 6.54 Å². The van der Waals surface area contributed by atoms with Gasteiger partial charge >= 0.3 is 0 Å². The Bertz CT molecular complexity index is 229. The van der Waals surface area contributed by atoms with Gasteiger partial charge in [-0.25, -0.2) is 0 Å². The molecule has 0 unspecified atom stereocenters.